The highest BCUT2D eigenvalue weighted by atomic mass is 79.9. The van der Waals surface area contributed by atoms with Gasteiger partial charge in [-0.25, -0.2) is 0 Å². The summed E-state index contributed by atoms with van der Waals surface area (Å²) in [7, 11) is 1.61. The molecule has 0 bridgehead atoms. The summed E-state index contributed by atoms with van der Waals surface area (Å²) < 4.78 is 12.0. The Bertz CT molecular complexity index is 512. The average Bonchev–Trinajstić information content (AvgIpc) is 2.47. The molecule has 116 valence electrons. The Balaban J connectivity index is 2.54. The summed E-state index contributed by atoms with van der Waals surface area (Å²) in [5, 5.41) is 8.97. The van der Waals surface area contributed by atoms with Crippen LogP contribution in [0.5, 0.6) is 11.5 Å². The molecule has 0 unspecified atom stereocenters. The largest absolute Gasteiger partial charge is 0.493 e. The number of rotatable bonds is 8. The van der Waals surface area contributed by atoms with Crippen molar-refractivity contribution in [3.05, 3.63) is 22.2 Å². The zero-order valence-electron chi connectivity index (χ0n) is 12.7. The van der Waals surface area contributed by atoms with Crippen molar-refractivity contribution in [2.75, 3.05) is 13.7 Å². The SMILES string of the molecule is COc1cc(CCl)cc(Br)c1OCCCCC(C)(C)C#N. The third-order valence-corrected chi connectivity index (χ3v) is 4.09. The lowest BCUT2D eigenvalue weighted by Crippen LogP contribution is -2.08. The van der Waals surface area contributed by atoms with Gasteiger partial charge in [0.15, 0.2) is 11.5 Å². The van der Waals surface area contributed by atoms with E-state index in [1.165, 1.54) is 0 Å². The van der Waals surface area contributed by atoms with E-state index in [1.54, 1.807) is 7.11 Å². The van der Waals surface area contributed by atoms with Crippen molar-refractivity contribution in [1.29, 1.82) is 5.26 Å². The first-order valence-corrected chi connectivity index (χ1v) is 8.22. The van der Waals surface area contributed by atoms with Gasteiger partial charge in [-0.1, -0.05) is 0 Å². The smallest absolute Gasteiger partial charge is 0.175 e. The van der Waals surface area contributed by atoms with Gasteiger partial charge in [-0.05, 0) is 66.7 Å². The average molecular weight is 375 g/mol. The minimum Gasteiger partial charge on any atom is -0.493 e. The third kappa shape index (κ3) is 5.76. The number of ether oxygens (including phenoxy) is 2. The van der Waals surface area contributed by atoms with E-state index in [0.717, 1.165) is 29.3 Å². The summed E-state index contributed by atoms with van der Waals surface area (Å²) in [6, 6.07) is 6.12. The van der Waals surface area contributed by atoms with Crippen molar-refractivity contribution < 1.29 is 9.47 Å². The first-order chi connectivity index (χ1) is 9.93. The molecule has 21 heavy (non-hydrogen) atoms. The van der Waals surface area contributed by atoms with Crippen LogP contribution in [0.1, 0.15) is 38.7 Å². The lowest BCUT2D eigenvalue weighted by atomic mass is 9.89. The Labute approximate surface area is 140 Å². The summed E-state index contributed by atoms with van der Waals surface area (Å²) in [6.45, 7) is 4.51. The fourth-order valence-corrected chi connectivity index (χ4v) is 2.65. The zero-order valence-corrected chi connectivity index (χ0v) is 15.1. The van der Waals surface area contributed by atoms with Crippen molar-refractivity contribution in [2.24, 2.45) is 5.41 Å². The Morgan fingerprint density at radius 3 is 2.62 bits per heavy atom. The van der Waals surface area contributed by atoms with Crippen LogP contribution in [0.2, 0.25) is 0 Å². The zero-order chi connectivity index (χ0) is 15.9. The normalized spacial score (nSPS) is 11.0. The topological polar surface area (TPSA) is 42.2 Å². The number of methoxy groups -OCH3 is 1. The Morgan fingerprint density at radius 1 is 1.33 bits per heavy atom. The van der Waals surface area contributed by atoms with Gasteiger partial charge in [0, 0.05) is 5.88 Å². The molecule has 1 aromatic carbocycles. The van der Waals surface area contributed by atoms with Crippen molar-refractivity contribution in [2.45, 2.75) is 39.0 Å². The molecule has 0 saturated heterocycles. The molecule has 1 aromatic rings. The van der Waals surface area contributed by atoms with Crippen molar-refractivity contribution in [1.82, 2.24) is 0 Å². The fourth-order valence-electron chi connectivity index (χ4n) is 1.89. The van der Waals surface area contributed by atoms with Crippen LogP contribution in [-0.4, -0.2) is 13.7 Å². The van der Waals surface area contributed by atoms with Crippen LogP contribution in [0.3, 0.4) is 0 Å². The van der Waals surface area contributed by atoms with E-state index in [4.69, 9.17) is 26.3 Å². The van der Waals surface area contributed by atoms with Crippen LogP contribution in [-0.2, 0) is 5.88 Å². The lowest BCUT2D eigenvalue weighted by Gasteiger charge is -2.16. The number of hydrogen-bond acceptors (Lipinski definition) is 3. The summed E-state index contributed by atoms with van der Waals surface area (Å²) in [5.74, 6) is 1.81. The van der Waals surface area contributed by atoms with Crippen LogP contribution in [0.25, 0.3) is 0 Å². The molecule has 0 atom stereocenters. The molecule has 0 aliphatic heterocycles. The molecule has 5 heteroatoms. The lowest BCUT2D eigenvalue weighted by molar-refractivity contribution is 0.276. The van der Waals surface area contributed by atoms with E-state index in [9.17, 15) is 0 Å². The maximum absolute atomic E-state index is 8.97. The number of benzene rings is 1. The Kier molecular flexibility index (Phi) is 7.34. The minimum absolute atomic E-state index is 0.264. The van der Waals surface area contributed by atoms with Gasteiger partial charge < -0.3 is 9.47 Å². The fraction of sp³-hybridized carbons (Fsp3) is 0.562. The summed E-state index contributed by atoms with van der Waals surface area (Å²) in [5.41, 5.74) is 0.712. The van der Waals surface area contributed by atoms with Crippen LogP contribution >= 0.6 is 27.5 Å². The molecule has 0 fully saturated rings. The molecule has 0 aliphatic rings. The maximum atomic E-state index is 8.97. The van der Waals surface area contributed by atoms with E-state index < -0.39 is 0 Å². The highest BCUT2D eigenvalue weighted by molar-refractivity contribution is 9.10. The summed E-state index contributed by atoms with van der Waals surface area (Å²) in [4.78, 5) is 0. The monoisotopic (exact) mass is 373 g/mol. The van der Waals surface area contributed by atoms with Crippen LogP contribution in [0.15, 0.2) is 16.6 Å². The number of unbranched alkanes of at least 4 members (excludes halogenated alkanes) is 1. The van der Waals surface area contributed by atoms with Gasteiger partial charge in [0.1, 0.15) is 0 Å². The van der Waals surface area contributed by atoms with Crippen LogP contribution in [0.4, 0.5) is 0 Å². The quantitative estimate of drug-likeness (QED) is 0.458. The molecule has 0 heterocycles. The first kappa shape index (κ1) is 18.1. The van der Waals surface area contributed by atoms with Crippen molar-refractivity contribution in [3.8, 4) is 17.6 Å². The molecule has 0 radical (unpaired) electrons. The number of halogens is 2. The van der Waals surface area contributed by atoms with Crippen LogP contribution < -0.4 is 9.47 Å². The molecule has 0 aliphatic carbocycles. The van der Waals surface area contributed by atoms with E-state index in [-0.39, 0.29) is 5.41 Å². The summed E-state index contributed by atoms with van der Waals surface area (Å²) >= 11 is 9.32. The second kappa shape index (κ2) is 8.51. The summed E-state index contributed by atoms with van der Waals surface area (Å²) in [6.07, 6.45) is 2.73. The Morgan fingerprint density at radius 2 is 2.05 bits per heavy atom. The molecular formula is C16H21BrClNO2. The molecule has 0 amide bonds. The number of nitriles is 1. The second-order valence-corrected chi connectivity index (χ2v) is 6.67. The van der Waals surface area contributed by atoms with E-state index in [2.05, 4.69) is 22.0 Å². The standard InChI is InChI=1S/C16H21BrClNO2/c1-16(2,11-19)6-4-5-7-21-15-13(17)8-12(10-18)9-14(15)20-3/h8-9H,4-7,10H2,1-3H3. The van der Waals surface area contributed by atoms with Gasteiger partial charge in [0.2, 0.25) is 0 Å². The Hall–Kier alpha value is -0.920. The van der Waals surface area contributed by atoms with Gasteiger partial charge in [0.25, 0.3) is 0 Å². The van der Waals surface area contributed by atoms with Gasteiger partial charge in [-0.3, -0.25) is 0 Å². The van der Waals surface area contributed by atoms with Gasteiger partial charge in [-0.2, -0.15) is 5.26 Å². The number of hydrogen-bond donors (Lipinski definition) is 0. The molecule has 0 saturated carbocycles. The molecule has 1 rings (SSSR count). The highest BCUT2D eigenvalue weighted by Crippen LogP contribution is 2.37. The minimum atomic E-state index is -0.264. The first-order valence-electron chi connectivity index (χ1n) is 6.90. The maximum Gasteiger partial charge on any atom is 0.175 e. The van der Waals surface area contributed by atoms with Crippen LogP contribution in [0, 0.1) is 16.7 Å². The molecule has 0 N–H and O–H groups in total. The molecular weight excluding hydrogens is 354 g/mol. The van der Waals surface area contributed by atoms with Gasteiger partial charge >= 0.3 is 0 Å². The van der Waals surface area contributed by atoms with E-state index >= 15 is 0 Å². The predicted molar refractivity (Wildman–Crippen MR) is 89.0 cm³/mol. The van der Waals surface area contributed by atoms with Gasteiger partial charge in [0.05, 0.1) is 29.7 Å². The van der Waals surface area contributed by atoms with E-state index in [1.807, 2.05) is 26.0 Å². The number of alkyl halides is 1. The van der Waals surface area contributed by atoms with Crippen molar-refractivity contribution in [3.63, 3.8) is 0 Å². The van der Waals surface area contributed by atoms with Crippen molar-refractivity contribution >= 4 is 27.5 Å². The predicted octanol–water partition coefficient (Wildman–Crippen LogP) is 5.30. The number of nitrogens with zero attached hydrogens (tertiary/aromatic N) is 1. The van der Waals surface area contributed by atoms with E-state index in [0.29, 0.717) is 24.0 Å². The molecule has 0 aromatic heterocycles. The molecule has 0 spiro atoms. The van der Waals surface area contributed by atoms with Gasteiger partial charge in [-0.15, -0.1) is 11.6 Å². The molecule has 3 nitrogen and oxygen atoms in total. The second-order valence-electron chi connectivity index (χ2n) is 5.54. The highest BCUT2D eigenvalue weighted by Gasteiger charge is 2.16. The third-order valence-electron chi connectivity index (χ3n) is 3.19.